The maximum absolute atomic E-state index is 5.92. The van der Waals surface area contributed by atoms with Crippen molar-refractivity contribution in [3.05, 3.63) is 0 Å². The molecule has 2 saturated heterocycles. The normalized spacial score (nSPS) is 43.2. The Morgan fingerprint density at radius 3 is 2.47 bits per heavy atom. The van der Waals surface area contributed by atoms with E-state index in [0.717, 1.165) is 6.42 Å². The Labute approximate surface area is 92.1 Å². The molecule has 0 saturated carbocycles. The third kappa shape index (κ3) is 2.05. The van der Waals surface area contributed by atoms with Gasteiger partial charge in [0.2, 0.25) is 0 Å². The lowest BCUT2D eigenvalue weighted by Gasteiger charge is -2.24. The standard InChI is InChI=1S/C12H22O3/c1-5-7-8-9(6-2)13-11-10(8)14-12(3,4)15-11/h8-11H,5-7H2,1-4H3/t8?,9-,10+,11-/m1/s1. The first kappa shape index (κ1) is 11.4. The number of fused-ring (bicyclic) bond motifs is 1. The van der Waals surface area contributed by atoms with Crippen molar-refractivity contribution in [2.24, 2.45) is 5.92 Å². The molecular formula is C12H22O3. The molecular weight excluding hydrogens is 192 g/mol. The van der Waals surface area contributed by atoms with Gasteiger partial charge in [-0.25, -0.2) is 0 Å². The summed E-state index contributed by atoms with van der Waals surface area (Å²) >= 11 is 0. The average molecular weight is 214 g/mol. The molecule has 2 aliphatic heterocycles. The third-order valence-electron chi connectivity index (χ3n) is 3.32. The lowest BCUT2D eigenvalue weighted by molar-refractivity contribution is -0.210. The predicted molar refractivity (Wildman–Crippen MR) is 57.4 cm³/mol. The lowest BCUT2D eigenvalue weighted by Crippen LogP contribution is -2.29. The second kappa shape index (κ2) is 4.04. The SMILES string of the molecule is CCCC1[C@@H](CC)O[C@@H]2OC(C)(C)O[C@@H]12. The summed E-state index contributed by atoms with van der Waals surface area (Å²) in [5.41, 5.74) is 0. The fourth-order valence-electron chi connectivity index (χ4n) is 2.72. The van der Waals surface area contributed by atoms with Crippen LogP contribution in [0.4, 0.5) is 0 Å². The Kier molecular flexibility index (Phi) is 3.06. The molecule has 0 aromatic heterocycles. The zero-order valence-electron chi connectivity index (χ0n) is 10.2. The van der Waals surface area contributed by atoms with Gasteiger partial charge in [0.25, 0.3) is 0 Å². The van der Waals surface area contributed by atoms with Crippen LogP contribution in [0, 0.1) is 5.92 Å². The van der Waals surface area contributed by atoms with E-state index in [-0.39, 0.29) is 12.4 Å². The van der Waals surface area contributed by atoms with Gasteiger partial charge in [-0.15, -0.1) is 0 Å². The monoisotopic (exact) mass is 214 g/mol. The molecule has 2 fully saturated rings. The van der Waals surface area contributed by atoms with Gasteiger partial charge in [0, 0.05) is 5.92 Å². The molecule has 15 heavy (non-hydrogen) atoms. The first-order valence-corrected chi connectivity index (χ1v) is 6.08. The second-order valence-electron chi connectivity index (χ2n) is 5.00. The smallest absolute Gasteiger partial charge is 0.187 e. The topological polar surface area (TPSA) is 27.7 Å². The Hall–Kier alpha value is -0.120. The van der Waals surface area contributed by atoms with Gasteiger partial charge >= 0.3 is 0 Å². The van der Waals surface area contributed by atoms with Crippen LogP contribution in [-0.4, -0.2) is 24.3 Å². The average Bonchev–Trinajstić information content (AvgIpc) is 2.60. The van der Waals surface area contributed by atoms with E-state index < -0.39 is 5.79 Å². The fraction of sp³-hybridized carbons (Fsp3) is 1.00. The molecule has 88 valence electrons. The Balaban J connectivity index is 2.07. The zero-order valence-corrected chi connectivity index (χ0v) is 10.2. The summed E-state index contributed by atoms with van der Waals surface area (Å²) < 4.78 is 17.5. The maximum atomic E-state index is 5.92. The second-order valence-corrected chi connectivity index (χ2v) is 5.00. The fourth-order valence-corrected chi connectivity index (χ4v) is 2.72. The third-order valence-corrected chi connectivity index (χ3v) is 3.32. The summed E-state index contributed by atoms with van der Waals surface area (Å²) in [7, 11) is 0. The van der Waals surface area contributed by atoms with Crippen LogP contribution in [0.3, 0.4) is 0 Å². The predicted octanol–water partition coefficient (Wildman–Crippen LogP) is 2.69. The highest BCUT2D eigenvalue weighted by Gasteiger charge is 2.53. The van der Waals surface area contributed by atoms with Crippen molar-refractivity contribution in [1.29, 1.82) is 0 Å². The van der Waals surface area contributed by atoms with Crippen LogP contribution >= 0.6 is 0 Å². The van der Waals surface area contributed by atoms with Crippen LogP contribution in [0.1, 0.15) is 47.0 Å². The Morgan fingerprint density at radius 2 is 1.87 bits per heavy atom. The minimum atomic E-state index is -0.472. The van der Waals surface area contributed by atoms with Crippen LogP contribution in [0.15, 0.2) is 0 Å². The van der Waals surface area contributed by atoms with E-state index in [1.54, 1.807) is 0 Å². The van der Waals surface area contributed by atoms with E-state index in [0.29, 0.717) is 12.0 Å². The van der Waals surface area contributed by atoms with E-state index in [1.165, 1.54) is 12.8 Å². The van der Waals surface area contributed by atoms with Crippen LogP contribution < -0.4 is 0 Å². The first-order valence-electron chi connectivity index (χ1n) is 6.08. The molecule has 3 nitrogen and oxygen atoms in total. The van der Waals surface area contributed by atoms with Crippen molar-refractivity contribution in [3.8, 4) is 0 Å². The molecule has 2 aliphatic rings. The van der Waals surface area contributed by atoms with Gasteiger partial charge in [-0.2, -0.15) is 0 Å². The number of hydrogen-bond acceptors (Lipinski definition) is 3. The van der Waals surface area contributed by atoms with E-state index >= 15 is 0 Å². The van der Waals surface area contributed by atoms with Gasteiger partial charge < -0.3 is 14.2 Å². The molecule has 3 heteroatoms. The van der Waals surface area contributed by atoms with E-state index in [9.17, 15) is 0 Å². The van der Waals surface area contributed by atoms with Crippen molar-refractivity contribution >= 4 is 0 Å². The number of rotatable bonds is 3. The minimum absolute atomic E-state index is 0.138. The van der Waals surface area contributed by atoms with Gasteiger partial charge in [0.1, 0.15) is 6.10 Å². The summed E-state index contributed by atoms with van der Waals surface area (Å²) in [5.74, 6) is 0.0341. The number of hydrogen-bond donors (Lipinski definition) is 0. The van der Waals surface area contributed by atoms with E-state index in [1.807, 2.05) is 13.8 Å². The highest BCUT2D eigenvalue weighted by molar-refractivity contribution is 4.91. The van der Waals surface area contributed by atoms with Gasteiger partial charge in [0.15, 0.2) is 12.1 Å². The first-order chi connectivity index (χ1) is 7.07. The molecule has 1 unspecified atom stereocenters. The molecule has 0 spiro atoms. The van der Waals surface area contributed by atoms with Gasteiger partial charge in [-0.3, -0.25) is 0 Å². The minimum Gasteiger partial charge on any atom is -0.346 e. The van der Waals surface area contributed by atoms with Crippen molar-refractivity contribution in [1.82, 2.24) is 0 Å². The number of ether oxygens (including phenoxy) is 3. The Bertz CT molecular complexity index is 227. The van der Waals surface area contributed by atoms with E-state index in [2.05, 4.69) is 13.8 Å². The summed E-state index contributed by atoms with van der Waals surface area (Å²) in [6, 6.07) is 0. The van der Waals surface area contributed by atoms with Crippen molar-refractivity contribution in [2.45, 2.75) is 71.2 Å². The molecule has 0 radical (unpaired) electrons. The molecule has 0 aromatic rings. The molecule has 0 aromatic carbocycles. The van der Waals surface area contributed by atoms with Crippen LogP contribution in [0.2, 0.25) is 0 Å². The summed E-state index contributed by atoms with van der Waals surface area (Å²) in [4.78, 5) is 0. The maximum Gasteiger partial charge on any atom is 0.187 e. The molecule has 0 aliphatic carbocycles. The van der Waals surface area contributed by atoms with E-state index in [4.69, 9.17) is 14.2 Å². The highest BCUT2D eigenvalue weighted by Crippen LogP contribution is 2.43. The quantitative estimate of drug-likeness (QED) is 0.723. The van der Waals surface area contributed by atoms with Crippen LogP contribution in [-0.2, 0) is 14.2 Å². The van der Waals surface area contributed by atoms with Crippen molar-refractivity contribution < 1.29 is 14.2 Å². The van der Waals surface area contributed by atoms with Gasteiger partial charge in [0.05, 0.1) is 6.10 Å². The van der Waals surface area contributed by atoms with Crippen molar-refractivity contribution in [2.75, 3.05) is 0 Å². The molecule has 0 bridgehead atoms. The molecule has 2 rings (SSSR count). The Morgan fingerprint density at radius 1 is 1.13 bits per heavy atom. The summed E-state index contributed by atoms with van der Waals surface area (Å²) in [6.45, 7) is 8.29. The summed E-state index contributed by atoms with van der Waals surface area (Å²) in [5, 5.41) is 0. The van der Waals surface area contributed by atoms with Crippen LogP contribution in [0.25, 0.3) is 0 Å². The molecule has 0 amide bonds. The summed E-state index contributed by atoms with van der Waals surface area (Å²) in [6.07, 6.45) is 3.71. The van der Waals surface area contributed by atoms with Crippen molar-refractivity contribution in [3.63, 3.8) is 0 Å². The highest BCUT2D eigenvalue weighted by atomic mass is 16.8. The zero-order chi connectivity index (χ0) is 11.1. The lowest BCUT2D eigenvalue weighted by atomic mass is 9.92. The molecule has 4 atom stereocenters. The molecule has 2 heterocycles. The van der Waals surface area contributed by atoms with Crippen LogP contribution in [0.5, 0.6) is 0 Å². The van der Waals surface area contributed by atoms with Gasteiger partial charge in [-0.1, -0.05) is 20.3 Å². The largest absolute Gasteiger partial charge is 0.346 e. The molecule has 0 N–H and O–H groups in total. The van der Waals surface area contributed by atoms with Gasteiger partial charge in [-0.05, 0) is 26.7 Å².